The number of aliphatic imine (C=N–C) groups is 1. The van der Waals surface area contributed by atoms with Crippen LogP contribution in [0.15, 0.2) is 4.99 Å². The van der Waals surface area contributed by atoms with Crippen LogP contribution in [-0.2, 0) is 0 Å². The Morgan fingerprint density at radius 3 is 2.60 bits per heavy atom. The van der Waals surface area contributed by atoms with Crippen LogP contribution in [0.2, 0.25) is 0 Å². The maximum Gasteiger partial charge on any atom is 0.102 e. The fraction of sp³-hybridized carbons (Fsp3) is 0.923. The molecular weight excluding hydrogens is 184 g/mol. The van der Waals surface area contributed by atoms with Crippen LogP contribution in [0.25, 0.3) is 0 Å². The van der Waals surface area contributed by atoms with Crippen LogP contribution in [0.4, 0.5) is 0 Å². The Kier molecular flexibility index (Phi) is 3.32. The molecule has 0 aromatic rings. The van der Waals surface area contributed by atoms with E-state index in [1.807, 2.05) is 7.05 Å². The molecule has 2 rings (SSSR count). The van der Waals surface area contributed by atoms with Crippen LogP contribution in [0.5, 0.6) is 0 Å². The number of hydrogen-bond acceptors (Lipinski definition) is 1. The number of amidine groups is 1. The second kappa shape index (κ2) is 4.54. The van der Waals surface area contributed by atoms with Gasteiger partial charge < -0.3 is 4.90 Å². The maximum atomic E-state index is 4.52. The maximum absolute atomic E-state index is 4.52. The van der Waals surface area contributed by atoms with Crippen LogP contribution >= 0.6 is 0 Å². The lowest BCUT2D eigenvalue weighted by atomic mass is 9.81. The summed E-state index contributed by atoms with van der Waals surface area (Å²) in [5, 5.41) is 0. The van der Waals surface area contributed by atoms with Gasteiger partial charge in [0.25, 0.3) is 0 Å². The molecule has 0 bridgehead atoms. The summed E-state index contributed by atoms with van der Waals surface area (Å²) in [5.74, 6) is 3.99. The standard InChI is InChI=1S/C13H24N2/c1-10-4-6-11-8-9-15(3)13(14-2)12(11)7-5-10/h10-12H,4-9H2,1-3H3. The van der Waals surface area contributed by atoms with Crippen LogP contribution in [0.3, 0.4) is 0 Å². The predicted molar refractivity (Wildman–Crippen MR) is 65.2 cm³/mol. The van der Waals surface area contributed by atoms with Crippen molar-refractivity contribution in [3.05, 3.63) is 0 Å². The van der Waals surface area contributed by atoms with Crippen LogP contribution in [-0.4, -0.2) is 31.4 Å². The van der Waals surface area contributed by atoms with Crippen molar-refractivity contribution >= 4 is 5.84 Å². The summed E-state index contributed by atoms with van der Waals surface area (Å²) in [7, 11) is 4.16. The lowest BCUT2D eigenvalue weighted by Crippen LogP contribution is -2.43. The highest BCUT2D eigenvalue weighted by Crippen LogP contribution is 2.37. The van der Waals surface area contributed by atoms with Crippen molar-refractivity contribution in [3.63, 3.8) is 0 Å². The fourth-order valence-electron chi connectivity index (χ4n) is 3.32. The molecule has 0 N–H and O–H groups in total. The van der Waals surface area contributed by atoms with E-state index in [0.29, 0.717) is 0 Å². The molecule has 2 heteroatoms. The Morgan fingerprint density at radius 1 is 1.13 bits per heavy atom. The minimum absolute atomic E-state index is 0.763. The second-order valence-electron chi connectivity index (χ2n) is 5.42. The van der Waals surface area contributed by atoms with E-state index in [4.69, 9.17) is 0 Å². The van der Waals surface area contributed by atoms with Crippen molar-refractivity contribution in [1.29, 1.82) is 0 Å². The Bertz CT molecular complexity index is 247. The largest absolute Gasteiger partial charge is 0.363 e. The van der Waals surface area contributed by atoms with Gasteiger partial charge in [0.2, 0.25) is 0 Å². The van der Waals surface area contributed by atoms with Gasteiger partial charge >= 0.3 is 0 Å². The molecule has 3 atom stereocenters. The zero-order chi connectivity index (χ0) is 10.8. The zero-order valence-electron chi connectivity index (χ0n) is 10.4. The molecule has 2 nitrogen and oxygen atoms in total. The second-order valence-corrected chi connectivity index (χ2v) is 5.42. The third-order valence-corrected chi connectivity index (χ3v) is 4.36. The van der Waals surface area contributed by atoms with Crippen molar-refractivity contribution < 1.29 is 0 Å². The predicted octanol–water partition coefficient (Wildman–Crippen LogP) is 2.79. The smallest absolute Gasteiger partial charge is 0.102 e. The van der Waals surface area contributed by atoms with Gasteiger partial charge in [0.15, 0.2) is 0 Å². The first-order valence-electron chi connectivity index (χ1n) is 6.40. The van der Waals surface area contributed by atoms with Gasteiger partial charge in [-0.15, -0.1) is 0 Å². The van der Waals surface area contributed by atoms with E-state index in [0.717, 1.165) is 17.8 Å². The Morgan fingerprint density at radius 2 is 1.87 bits per heavy atom. The summed E-state index contributed by atoms with van der Waals surface area (Å²) < 4.78 is 0. The average Bonchev–Trinajstić information content (AvgIpc) is 2.41. The molecule has 0 radical (unpaired) electrons. The van der Waals surface area contributed by atoms with E-state index in [1.165, 1.54) is 44.5 Å². The van der Waals surface area contributed by atoms with Crippen molar-refractivity contribution in [2.75, 3.05) is 20.6 Å². The first-order valence-corrected chi connectivity index (χ1v) is 6.40. The molecule has 0 aromatic heterocycles. The number of piperidine rings is 1. The number of likely N-dealkylation sites (tertiary alicyclic amines) is 1. The molecule has 3 unspecified atom stereocenters. The van der Waals surface area contributed by atoms with Gasteiger partial charge in [-0.1, -0.05) is 19.8 Å². The molecule has 0 amide bonds. The molecule has 1 aliphatic carbocycles. The van der Waals surface area contributed by atoms with Gasteiger partial charge in [-0.3, -0.25) is 4.99 Å². The molecule has 0 aromatic carbocycles. The molecule has 1 saturated carbocycles. The number of rotatable bonds is 0. The number of nitrogens with zero attached hydrogens (tertiary/aromatic N) is 2. The van der Waals surface area contributed by atoms with E-state index in [-0.39, 0.29) is 0 Å². The molecule has 2 fully saturated rings. The minimum Gasteiger partial charge on any atom is -0.363 e. The molecule has 2 aliphatic rings. The molecule has 0 spiro atoms. The highest BCUT2D eigenvalue weighted by atomic mass is 15.2. The van der Waals surface area contributed by atoms with Crippen LogP contribution in [0, 0.1) is 17.8 Å². The third-order valence-electron chi connectivity index (χ3n) is 4.36. The van der Waals surface area contributed by atoms with Gasteiger partial charge in [-0.25, -0.2) is 0 Å². The lowest BCUT2D eigenvalue weighted by Gasteiger charge is -2.38. The summed E-state index contributed by atoms with van der Waals surface area (Å²) in [5.41, 5.74) is 0. The molecular formula is C13H24N2. The SMILES string of the molecule is CN=C1C2CCC(C)CCC2CCN1C. The lowest BCUT2D eigenvalue weighted by molar-refractivity contribution is 0.266. The molecule has 15 heavy (non-hydrogen) atoms. The van der Waals surface area contributed by atoms with Gasteiger partial charge in [-0.2, -0.15) is 0 Å². The Labute approximate surface area is 93.8 Å². The van der Waals surface area contributed by atoms with Crippen LogP contribution in [0.1, 0.15) is 39.0 Å². The van der Waals surface area contributed by atoms with Gasteiger partial charge in [0, 0.05) is 26.6 Å². The third kappa shape index (κ3) is 2.19. The fourth-order valence-corrected chi connectivity index (χ4v) is 3.32. The van der Waals surface area contributed by atoms with E-state index in [9.17, 15) is 0 Å². The van der Waals surface area contributed by atoms with Gasteiger partial charge in [0.05, 0.1) is 0 Å². The number of hydrogen-bond donors (Lipinski definition) is 0. The minimum atomic E-state index is 0.763. The van der Waals surface area contributed by atoms with Crippen molar-refractivity contribution in [2.24, 2.45) is 22.7 Å². The quantitative estimate of drug-likeness (QED) is 0.597. The summed E-state index contributed by atoms with van der Waals surface area (Å²) >= 11 is 0. The molecule has 1 saturated heterocycles. The summed E-state index contributed by atoms with van der Waals surface area (Å²) in [6.07, 6.45) is 7.00. The first-order chi connectivity index (χ1) is 7.22. The molecule has 86 valence electrons. The van der Waals surface area contributed by atoms with Crippen molar-refractivity contribution in [1.82, 2.24) is 4.90 Å². The normalized spacial score (nSPS) is 40.1. The van der Waals surface area contributed by atoms with Crippen molar-refractivity contribution in [3.8, 4) is 0 Å². The van der Waals surface area contributed by atoms with E-state index >= 15 is 0 Å². The van der Waals surface area contributed by atoms with Gasteiger partial charge in [0.1, 0.15) is 5.84 Å². The van der Waals surface area contributed by atoms with E-state index in [1.54, 1.807) is 0 Å². The average molecular weight is 208 g/mol. The summed E-state index contributed by atoms with van der Waals surface area (Å²) in [6.45, 7) is 3.62. The topological polar surface area (TPSA) is 15.6 Å². The molecule has 1 heterocycles. The Hall–Kier alpha value is -0.530. The monoisotopic (exact) mass is 208 g/mol. The van der Waals surface area contributed by atoms with E-state index in [2.05, 4.69) is 23.9 Å². The number of fused-ring (bicyclic) bond motifs is 1. The first kappa shape index (κ1) is 11.0. The highest BCUT2D eigenvalue weighted by molar-refractivity contribution is 5.85. The summed E-state index contributed by atoms with van der Waals surface area (Å²) in [6, 6.07) is 0. The van der Waals surface area contributed by atoms with E-state index < -0.39 is 0 Å². The Balaban J connectivity index is 2.14. The van der Waals surface area contributed by atoms with Crippen LogP contribution < -0.4 is 0 Å². The van der Waals surface area contributed by atoms with Crippen molar-refractivity contribution in [2.45, 2.75) is 39.0 Å². The summed E-state index contributed by atoms with van der Waals surface area (Å²) in [4.78, 5) is 6.89. The van der Waals surface area contributed by atoms with Gasteiger partial charge in [-0.05, 0) is 31.1 Å². The molecule has 1 aliphatic heterocycles. The highest BCUT2D eigenvalue weighted by Gasteiger charge is 2.34. The zero-order valence-corrected chi connectivity index (χ0v) is 10.4.